The zero-order chi connectivity index (χ0) is 15.2. The molecule has 0 saturated carbocycles. The third kappa shape index (κ3) is 3.78. The van der Waals surface area contributed by atoms with Crippen molar-refractivity contribution in [2.24, 2.45) is 0 Å². The highest BCUT2D eigenvalue weighted by Crippen LogP contribution is 2.25. The molecule has 0 spiro atoms. The van der Waals surface area contributed by atoms with Crippen LogP contribution in [0.15, 0.2) is 36.7 Å². The smallest absolute Gasteiger partial charge is 0.387 e. The minimum absolute atomic E-state index is 0.149. The number of aryl methyl sites for hydroxylation is 1. The highest BCUT2D eigenvalue weighted by molar-refractivity contribution is 5.33. The number of halogens is 2. The minimum atomic E-state index is -2.82. The molecule has 1 atom stereocenters. The molecule has 0 bridgehead atoms. The third-order valence-corrected chi connectivity index (χ3v) is 3.18. The predicted octanol–water partition coefficient (Wildman–Crippen LogP) is 3.20. The first kappa shape index (κ1) is 15.4. The Hall–Kier alpha value is -1.95. The molecule has 6 heteroatoms. The summed E-state index contributed by atoms with van der Waals surface area (Å²) in [6.07, 6.45) is 4.66. The van der Waals surface area contributed by atoms with E-state index in [1.165, 1.54) is 6.07 Å². The van der Waals surface area contributed by atoms with E-state index < -0.39 is 6.61 Å². The summed E-state index contributed by atoms with van der Waals surface area (Å²) in [5.74, 6) is 1.00. The van der Waals surface area contributed by atoms with Gasteiger partial charge in [-0.2, -0.15) is 8.78 Å². The van der Waals surface area contributed by atoms with E-state index in [-0.39, 0.29) is 11.8 Å². The number of benzene rings is 1. The number of hydrogen-bond donors (Lipinski definition) is 1. The quantitative estimate of drug-likeness (QED) is 0.852. The zero-order valence-corrected chi connectivity index (χ0v) is 12.1. The number of nitrogens with zero attached hydrogens (tertiary/aromatic N) is 2. The molecule has 0 saturated heterocycles. The fourth-order valence-electron chi connectivity index (χ4n) is 2.33. The molecule has 1 N–H and O–H groups in total. The van der Waals surface area contributed by atoms with Gasteiger partial charge in [-0.3, -0.25) is 0 Å². The van der Waals surface area contributed by atoms with Crippen LogP contribution in [0.3, 0.4) is 0 Å². The monoisotopic (exact) mass is 295 g/mol. The van der Waals surface area contributed by atoms with Crippen LogP contribution in [0, 0.1) is 0 Å². The van der Waals surface area contributed by atoms with Gasteiger partial charge < -0.3 is 14.6 Å². The summed E-state index contributed by atoms with van der Waals surface area (Å²) in [6, 6.07) is 6.52. The van der Waals surface area contributed by atoms with E-state index in [0.717, 1.165) is 24.4 Å². The standard InChI is InChI=1S/C15H19F2N3O/c1-3-8-20-9-7-19-14(20)13(18-2)11-5-4-6-12(10-11)21-15(16)17/h4-7,9-10,13,15,18H,3,8H2,1-2H3. The molecule has 0 fully saturated rings. The topological polar surface area (TPSA) is 39.1 Å². The van der Waals surface area contributed by atoms with Gasteiger partial charge in [-0.05, 0) is 31.2 Å². The number of hydrogen-bond acceptors (Lipinski definition) is 3. The molecule has 114 valence electrons. The third-order valence-electron chi connectivity index (χ3n) is 3.18. The number of alkyl halides is 2. The SMILES string of the molecule is CCCn1ccnc1C(NC)c1cccc(OC(F)F)c1. The summed E-state index contributed by atoms with van der Waals surface area (Å²) >= 11 is 0. The van der Waals surface area contributed by atoms with Gasteiger partial charge >= 0.3 is 6.61 Å². The summed E-state index contributed by atoms with van der Waals surface area (Å²) in [5.41, 5.74) is 0.833. The van der Waals surface area contributed by atoms with E-state index in [9.17, 15) is 8.78 Å². The molecule has 0 aliphatic rings. The van der Waals surface area contributed by atoms with Crippen molar-refractivity contribution in [1.29, 1.82) is 0 Å². The van der Waals surface area contributed by atoms with E-state index in [1.807, 2.05) is 19.3 Å². The number of ether oxygens (including phenoxy) is 1. The van der Waals surface area contributed by atoms with E-state index in [2.05, 4.69) is 26.5 Å². The van der Waals surface area contributed by atoms with E-state index in [4.69, 9.17) is 0 Å². The number of rotatable bonds is 7. The summed E-state index contributed by atoms with van der Waals surface area (Å²) in [7, 11) is 1.82. The molecule has 0 amide bonds. The van der Waals surface area contributed by atoms with Gasteiger partial charge in [0.25, 0.3) is 0 Å². The van der Waals surface area contributed by atoms with Gasteiger partial charge in [0, 0.05) is 18.9 Å². The van der Waals surface area contributed by atoms with Gasteiger partial charge in [-0.25, -0.2) is 4.98 Å². The fourth-order valence-corrected chi connectivity index (χ4v) is 2.33. The second-order valence-electron chi connectivity index (χ2n) is 4.65. The lowest BCUT2D eigenvalue weighted by Crippen LogP contribution is -2.22. The van der Waals surface area contributed by atoms with Crippen LogP contribution in [0.1, 0.15) is 30.8 Å². The highest BCUT2D eigenvalue weighted by Gasteiger charge is 2.18. The zero-order valence-electron chi connectivity index (χ0n) is 12.1. The maximum absolute atomic E-state index is 12.3. The molecule has 0 aliphatic heterocycles. The fraction of sp³-hybridized carbons (Fsp3) is 0.400. The maximum Gasteiger partial charge on any atom is 0.387 e. The highest BCUT2D eigenvalue weighted by atomic mass is 19.3. The number of imidazole rings is 1. The molecule has 1 aromatic heterocycles. The molecule has 1 unspecified atom stereocenters. The lowest BCUT2D eigenvalue weighted by Gasteiger charge is -2.18. The van der Waals surface area contributed by atoms with Crippen LogP contribution >= 0.6 is 0 Å². The lowest BCUT2D eigenvalue weighted by molar-refractivity contribution is -0.0498. The Labute approximate surface area is 122 Å². The van der Waals surface area contributed by atoms with Gasteiger partial charge in [0.05, 0.1) is 6.04 Å². The minimum Gasteiger partial charge on any atom is -0.435 e. The van der Waals surface area contributed by atoms with E-state index >= 15 is 0 Å². The van der Waals surface area contributed by atoms with Crippen molar-refractivity contribution < 1.29 is 13.5 Å². The van der Waals surface area contributed by atoms with Crippen molar-refractivity contribution in [2.75, 3.05) is 7.05 Å². The van der Waals surface area contributed by atoms with Gasteiger partial charge in [-0.1, -0.05) is 19.1 Å². The second kappa shape index (κ2) is 7.17. The van der Waals surface area contributed by atoms with E-state index in [0.29, 0.717) is 0 Å². The molecule has 2 rings (SSSR count). The van der Waals surface area contributed by atoms with Crippen LogP contribution < -0.4 is 10.1 Å². The van der Waals surface area contributed by atoms with Crippen LogP contribution in [0.25, 0.3) is 0 Å². The van der Waals surface area contributed by atoms with Gasteiger partial charge in [0.2, 0.25) is 0 Å². The first-order valence-corrected chi connectivity index (χ1v) is 6.88. The van der Waals surface area contributed by atoms with Crippen molar-refractivity contribution in [3.05, 3.63) is 48.0 Å². The van der Waals surface area contributed by atoms with Crippen molar-refractivity contribution in [3.63, 3.8) is 0 Å². The Balaban J connectivity index is 2.30. The molecule has 1 aromatic carbocycles. The van der Waals surface area contributed by atoms with Crippen LogP contribution in [0.5, 0.6) is 5.75 Å². The van der Waals surface area contributed by atoms with E-state index in [1.54, 1.807) is 18.3 Å². The number of aromatic nitrogens is 2. The first-order chi connectivity index (χ1) is 10.2. The van der Waals surface area contributed by atoms with Crippen molar-refractivity contribution in [3.8, 4) is 5.75 Å². The molecular weight excluding hydrogens is 276 g/mol. The van der Waals surface area contributed by atoms with Crippen LogP contribution in [0.2, 0.25) is 0 Å². The van der Waals surface area contributed by atoms with Crippen LogP contribution in [0.4, 0.5) is 8.78 Å². The van der Waals surface area contributed by atoms with Crippen LogP contribution in [-0.2, 0) is 6.54 Å². The Morgan fingerprint density at radius 1 is 1.38 bits per heavy atom. The summed E-state index contributed by atoms with van der Waals surface area (Å²) in [6.45, 7) is 0.131. The normalized spacial score (nSPS) is 12.6. The molecule has 21 heavy (non-hydrogen) atoms. The molecule has 2 aromatic rings. The first-order valence-electron chi connectivity index (χ1n) is 6.88. The average Bonchev–Trinajstić information content (AvgIpc) is 2.88. The molecule has 1 heterocycles. The molecular formula is C15H19F2N3O. The lowest BCUT2D eigenvalue weighted by atomic mass is 10.1. The Kier molecular flexibility index (Phi) is 5.27. The molecule has 0 aliphatic carbocycles. The van der Waals surface area contributed by atoms with Crippen molar-refractivity contribution >= 4 is 0 Å². The molecule has 0 radical (unpaired) electrons. The Bertz CT molecular complexity index is 572. The Morgan fingerprint density at radius 2 is 2.19 bits per heavy atom. The van der Waals surface area contributed by atoms with Gasteiger partial charge in [0.1, 0.15) is 11.6 Å². The number of nitrogens with one attached hydrogen (secondary N) is 1. The van der Waals surface area contributed by atoms with Gasteiger partial charge in [-0.15, -0.1) is 0 Å². The molecule has 4 nitrogen and oxygen atoms in total. The summed E-state index contributed by atoms with van der Waals surface area (Å²) in [4.78, 5) is 4.38. The summed E-state index contributed by atoms with van der Waals surface area (Å²) in [5, 5.41) is 3.17. The largest absolute Gasteiger partial charge is 0.435 e. The predicted molar refractivity (Wildman–Crippen MR) is 76.5 cm³/mol. The maximum atomic E-state index is 12.3. The van der Waals surface area contributed by atoms with Crippen molar-refractivity contribution in [2.45, 2.75) is 32.5 Å². The van der Waals surface area contributed by atoms with Crippen LogP contribution in [-0.4, -0.2) is 23.2 Å². The van der Waals surface area contributed by atoms with Crippen molar-refractivity contribution in [1.82, 2.24) is 14.9 Å². The Morgan fingerprint density at radius 3 is 2.86 bits per heavy atom. The van der Waals surface area contributed by atoms with Gasteiger partial charge in [0.15, 0.2) is 0 Å². The summed E-state index contributed by atoms with van der Waals surface area (Å²) < 4.78 is 31.2. The second-order valence-corrected chi connectivity index (χ2v) is 4.65. The average molecular weight is 295 g/mol.